The van der Waals surface area contributed by atoms with Crippen molar-refractivity contribution in [2.75, 3.05) is 14.2 Å². The van der Waals surface area contributed by atoms with Crippen molar-refractivity contribution in [1.82, 2.24) is 0 Å². The second-order valence-electron chi connectivity index (χ2n) is 11.1. The average Bonchev–Trinajstić information content (AvgIpc) is 2.76. The molecule has 0 unspecified atom stereocenters. The molecular weight excluding hydrogens is 414 g/mol. The number of hydrogen-bond acceptors (Lipinski definition) is 4. The number of nitrogens with zero attached hydrogens (tertiary/aromatic N) is 1. The van der Waals surface area contributed by atoms with Gasteiger partial charge >= 0.3 is 0 Å². The van der Waals surface area contributed by atoms with Gasteiger partial charge in [-0.2, -0.15) is 5.26 Å². The molecule has 176 valence electrons. The maximum absolute atomic E-state index is 10.0. The highest BCUT2D eigenvalue weighted by molar-refractivity contribution is 6.74. The summed E-state index contributed by atoms with van der Waals surface area (Å²) in [5.41, 5.74) is 1.15. The van der Waals surface area contributed by atoms with E-state index in [1.165, 1.54) is 12.8 Å². The van der Waals surface area contributed by atoms with Gasteiger partial charge in [-0.05, 0) is 73.3 Å². The Kier molecular flexibility index (Phi) is 7.47. The zero-order valence-electron chi connectivity index (χ0n) is 21.1. The summed E-state index contributed by atoms with van der Waals surface area (Å²) >= 11 is 0. The smallest absolute Gasteiger partial charge is 0.192 e. The van der Waals surface area contributed by atoms with E-state index >= 15 is 0 Å². The number of rotatable bonds is 6. The molecule has 0 bridgehead atoms. The Hall–Kier alpha value is -1.77. The summed E-state index contributed by atoms with van der Waals surface area (Å²) in [4.78, 5) is 0. The molecular formula is C27H41NO3Si. The standard InChI is InChI=1S/C27H41NO3Si/c1-18(17-28)25-23(20-14-21(29-5)16-22(15-20)30-6)13-12-19-10-9-11-24(26(19)25)31-32(7,8)27(2,3)4/h12-16,18-19,23-26H,9-11H2,1-8H3/t18-,19+,23+,24-,25-,26+/m0/s1. The number of nitriles is 1. The van der Waals surface area contributed by atoms with Crippen molar-refractivity contribution >= 4 is 8.32 Å². The monoisotopic (exact) mass is 455 g/mol. The molecule has 1 aromatic carbocycles. The molecule has 1 aromatic rings. The van der Waals surface area contributed by atoms with E-state index in [4.69, 9.17) is 13.9 Å². The van der Waals surface area contributed by atoms with Crippen LogP contribution < -0.4 is 9.47 Å². The fourth-order valence-corrected chi connectivity index (χ4v) is 6.77. The van der Waals surface area contributed by atoms with Gasteiger partial charge in [0.2, 0.25) is 0 Å². The van der Waals surface area contributed by atoms with E-state index in [1.54, 1.807) is 14.2 Å². The molecule has 6 atom stereocenters. The summed E-state index contributed by atoms with van der Waals surface area (Å²) in [7, 11) is 1.45. The van der Waals surface area contributed by atoms with Gasteiger partial charge in [-0.15, -0.1) is 0 Å². The van der Waals surface area contributed by atoms with Crippen LogP contribution in [0.5, 0.6) is 11.5 Å². The molecule has 0 radical (unpaired) electrons. The lowest BCUT2D eigenvalue weighted by Crippen LogP contribution is -2.51. The summed E-state index contributed by atoms with van der Waals surface area (Å²) in [6.07, 6.45) is 8.41. The predicted molar refractivity (Wildman–Crippen MR) is 133 cm³/mol. The summed E-state index contributed by atoms with van der Waals surface area (Å²) in [6.45, 7) is 13.7. The molecule has 0 N–H and O–H groups in total. The number of hydrogen-bond donors (Lipinski definition) is 0. The third kappa shape index (κ3) is 4.92. The van der Waals surface area contributed by atoms with Crippen molar-refractivity contribution in [1.29, 1.82) is 5.26 Å². The summed E-state index contributed by atoms with van der Waals surface area (Å²) in [5, 5.41) is 10.2. The molecule has 0 amide bonds. The molecule has 1 saturated carbocycles. The molecule has 0 saturated heterocycles. The number of methoxy groups -OCH3 is 2. The molecule has 1 fully saturated rings. The van der Waals surface area contributed by atoms with Gasteiger partial charge in [0.05, 0.1) is 20.3 Å². The molecule has 2 aliphatic carbocycles. The van der Waals surface area contributed by atoms with Crippen molar-refractivity contribution in [2.24, 2.45) is 23.7 Å². The number of allylic oxidation sites excluding steroid dienone is 2. The first-order valence-corrected chi connectivity index (χ1v) is 14.9. The van der Waals surface area contributed by atoms with E-state index in [9.17, 15) is 5.26 Å². The minimum absolute atomic E-state index is 0.0711. The van der Waals surface area contributed by atoms with Gasteiger partial charge < -0.3 is 13.9 Å². The van der Waals surface area contributed by atoms with Gasteiger partial charge in [0.15, 0.2) is 8.32 Å². The first-order valence-electron chi connectivity index (χ1n) is 12.0. The van der Waals surface area contributed by atoms with Gasteiger partial charge in [-0.25, -0.2) is 0 Å². The Morgan fingerprint density at radius 1 is 1.03 bits per heavy atom. The van der Waals surface area contributed by atoms with Crippen LogP contribution in [-0.2, 0) is 4.43 Å². The molecule has 0 aliphatic heterocycles. The number of fused-ring (bicyclic) bond motifs is 1. The Balaban J connectivity index is 2.05. The second-order valence-corrected chi connectivity index (χ2v) is 15.9. The van der Waals surface area contributed by atoms with E-state index in [1.807, 2.05) is 6.07 Å². The third-order valence-corrected chi connectivity index (χ3v) is 12.7. The average molecular weight is 456 g/mol. The first kappa shape index (κ1) is 24.9. The summed E-state index contributed by atoms with van der Waals surface area (Å²) in [5.74, 6) is 2.66. The Labute approximate surface area is 196 Å². The highest BCUT2D eigenvalue weighted by Crippen LogP contribution is 2.52. The van der Waals surface area contributed by atoms with E-state index in [0.717, 1.165) is 23.5 Å². The normalized spacial score (nSPS) is 29.0. The number of ether oxygens (including phenoxy) is 2. The fraction of sp³-hybridized carbons (Fsp3) is 0.667. The van der Waals surface area contributed by atoms with Crippen LogP contribution in [0.1, 0.15) is 58.4 Å². The van der Waals surface area contributed by atoms with Gasteiger partial charge in [-0.1, -0.05) is 39.3 Å². The van der Waals surface area contributed by atoms with E-state index in [-0.39, 0.29) is 28.9 Å². The van der Waals surface area contributed by atoms with Crippen LogP contribution in [0.15, 0.2) is 30.4 Å². The number of benzene rings is 1. The lowest BCUT2D eigenvalue weighted by atomic mass is 9.59. The SMILES string of the molecule is COc1cc(OC)cc([C@H]2C=C[C@H]3CCC[C@H](O[Si](C)(C)C(C)(C)C)[C@@H]3[C@H]2[C@@H](C)C#N)c1. The minimum Gasteiger partial charge on any atom is -0.497 e. The second kappa shape index (κ2) is 9.61. The molecule has 3 rings (SSSR count). The van der Waals surface area contributed by atoms with Gasteiger partial charge in [0.25, 0.3) is 0 Å². The zero-order valence-corrected chi connectivity index (χ0v) is 22.1. The van der Waals surface area contributed by atoms with Crippen LogP contribution in [-0.4, -0.2) is 28.6 Å². The third-order valence-electron chi connectivity index (χ3n) is 8.17. The Bertz CT molecular complexity index is 844. The maximum Gasteiger partial charge on any atom is 0.192 e. The molecule has 32 heavy (non-hydrogen) atoms. The lowest BCUT2D eigenvalue weighted by Gasteiger charge is -2.51. The molecule has 0 heterocycles. The van der Waals surface area contributed by atoms with Crippen LogP contribution in [0.3, 0.4) is 0 Å². The zero-order chi connectivity index (χ0) is 23.7. The largest absolute Gasteiger partial charge is 0.497 e. The highest BCUT2D eigenvalue weighted by Gasteiger charge is 2.49. The van der Waals surface area contributed by atoms with Crippen molar-refractivity contribution < 1.29 is 13.9 Å². The van der Waals surface area contributed by atoms with Gasteiger partial charge in [0, 0.05) is 24.0 Å². The van der Waals surface area contributed by atoms with E-state index in [0.29, 0.717) is 11.8 Å². The van der Waals surface area contributed by atoms with E-state index < -0.39 is 8.32 Å². The maximum atomic E-state index is 10.0. The van der Waals surface area contributed by atoms with E-state index in [2.05, 4.69) is 71.1 Å². The van der Waals surface area contributed by atoms with Crippen LogP contribution in [0.4, 0.5) is 0 Å². The van der Waals surface area contributed by atoms with Crippen LogP contribution in [0.2, 0.25) is 18.1 Å². The fourth-order valence-electron chi connectivity index (χ4n) is 5.38. The Morgan fingerprint density at radius 2 is 1.66 bits per heavy atom. The van der Waals surface area contributed by atoms with Crippen molar-refractivity contribution in [3.05, 3.63) is 35.9 Å². The van der Waals surface area contributed by atoms with Crippen molar-refractivity contribution in [3.8, 4) is 17.6 Å². The quantitative estimate of drug-likeness (QED) is 0.344. The lowest BCUT2D eigenvalue weighted by molar-refractivity contribution is 0.00201. The highest BCUT2D eigenvalue weighted by atomic mass is 28.4. The molecule has 0 aromatic heterocycles. The summed E-state index contributed by atoms with van der Waals surface area (Å²) in [6, 6.07) is 8.70. The molecule has 5 heteroatoms. The van der Waals surface area contributed by atoms with Crippen LogP contribution >= 0.6 is 0 Å². The van der Waals surface area contributed by atoms with Crippen LogP contribution in [0, 0.1) is 35.0 Å². The first-order chi connectivity index (χ1) is 15.0. The molecule has 0 spiro atoms. The Morgan fingerprint density at radius 3 is 2.19 bits per heavy atom. The van der Waals surface area contributed by atoms with Crippen LogP contribution in [0.25, 0.3) is 0 Å². The predicted octanol–water partition coefficient (Wildman–Crippen LogP) is 6.94. The van der Waals surface area contributed by atoms with Gasteiger partial charge in [0.1, 0.15) is 11.5 Å². The van der Waals surface area contributed by atoms with Gasteiger partial charge in [-0.3, -0.25) is 0 Å². The topological polar surface area (TPSA) is 51.5 Å². The minimum atomic E-state index is -1.92. The summed E-state index contributed by atoms with van der Waals surface area (Å²) < 4.78 is 18.2. The molecule has 4 nitrogen and oxygen atoms in total. The van der Waals surface area contributed by atoms with Crippen molar-refractivity contribution in [2.45, 2.75) is 77.1 Å². The van der Waals surface area contributed by atoms with Crippen molar-refractivity contribution in [3.63, 3.8) is 0 Å². The molecule has 2 aliphatic rings.